The van der Waals surface area contributed by atoms with E-state index >= 15 is 0 Å². The lowest BCUT2D eigenvalue weighted by Gasteiger charge is -2.10. The van der Waals surface area contributed by atoms with E-state index in [1.807, 2.05) is 0 Å². The molecule has 0 aliphatic carbocycles. The van der Waals surface area contributed by atoms with Gasteiger partial charge in [-0.3, -0.25) is 9.59 Å². The van der Waals surface area contributed by atoms with Gasteiger partial charge in [0, 0.05) is 17.9 Å². The van der Waals surface area contributed by atoms with Crippen LogP contribution >= 0.6 is 23.2 Å². The average molecular weight is 445 g/mol. The normalized spacial score (nSPS) is 11.5. The second kappa shape index (κ2) is 9.57. The third-order valence-corrected chi connectivity index (χ3v) is 4.87. The van der Waals surface area contributed by atoms with Gasteiger partial charge in [-0.15, -0.1) is 0 Å². The van der Waals surface area contributed by atoms with Gasteiger partial charge in [0.25, 0.3) is 0 Å². The largest absolute Gasteiger partial charge is 0.461 e. The first-order chi connectivity index (χ1) is 14.4. The third kappa shape index (κ3) is 5.07. The molecule has 0 bridgehead atoms. The quantitative estimate of drug-likeness (QED) is 0.475. The molecule has 152 valence electrons. The summed E-state index contributed by atoms with van der Waals surface area (Å²) in [4.78, 5) is 24.8. The van der Waals surface area contributed by atoms with E-state index in [4.69, 9.17) is 27.6 Å². The molecule has 0 aliphatic rings. The van der Waals surface area contributed by atoms with Gasteiger partial charge in [0.1, 0.15) is 17.3 Å². The van der Waals surface area contributed by atoms with Gasteiger partial charge in [0.2, 0.25) is 5.91 Å². The van der Waals surface area contributed by atoms with Gasteiger partial charge in [0.15, 0.2) is 11.7 Å². The van der Waals surface area contributed by atoms with E-state index in [-0.39, 0.29) is 23.6 Å². The molecule has 1 amide bonds. The molecule has 30 heavy (non-hydrogen) atoms. The zero-order valence-electron chi connectivity index (χ0n) is 15.5. The number of halogens is 3. The van der Waals surface area contributed by atoms with Crippen molar-refractivity contribution in [3.05, 3.63) is 76.2 Å². The number of furan rings is 1. The van der Waals surface area contributed by atoms with E-state index in [9.17, 15) is 19.2 Å². The highest BCUT2D eigenvalue weighted by molar-refractivity contribution is 6.36. The van der Waals surface area contributed by atoms with Gasteiger partial charge in [-0.1, -0.05) is 35.3 Å². The number of rotatable bonds is 7. The summed E-state index contributed by atoms with van der Waals surface area (Å²) in [6, 6.07) is 15.6. The van der Waals surface area contributed by atoms with Gasteiger partial charge in [-0.2, -0.15) is 5.26 Å². The number of hydrogen-bond donors (Lipinski definition) is 1. The number of ketones is 1. The van der Waals surface area contributed by atoms with Crippen LogP contribution in [0.1, 0.15) is 12.2 Å². The topological polar surface area (TPSA) is 83.1 Å². The van der Waals surface area contributed by atoms with E-state index in [1.54, 1.807) is 36.4 Å². The van der Waals surface area contributed by atoms with Crippen LogP contribution in [-0.4, -0.2) is 11.7 Å². The Morgan fingerprint density at radius 2 is 1.90 bits per heavy atom. The maximum atomic E-state index is 13.9. The zero-order chi connectivity index (χ0) is 21.7. The summed E-state index contributed by atoms with van der Waals surface area (Å²) in [5, 5.41) is 12.3. The van der Waals surface area contributed by atoms with E-state index in [0.29, 0.717) is 22.1 Å². The second-order valence-electron chi connectivity index (χ2n) is 6.39. The monoisotopic (exact) mass is 444 g/mol. The first-order valence-corrected chi connectivity index (χ1v) is 9.66. The molecule has 3 aromatic rings. The molecule has 0 spiro atoms. The fourth-order valence-electron chi connectivity index (χ4n) is 2.78. The second-order valence-corrected chi connectivity index (χ2v) is 7.23. The van der Waals surface area contributed by atoms with Crippen molar-refractivity contribution in [1.29, 1.82) is 5.26 Å². The molecule has 2 aromatic carbocycles. The smallest absolute Gasteiger partial charge is 0.249 e. The minimum atomic E-state index is -1.50. The Morgan fingerprint density at radius 3 is 2.60 bits per heavy atom. The Bertz CT molecular complexity index is 1140. The van der Waals surface area contributed by atoms with E-state index < -0.39 is 23.4 Å². The van der Waals surface area contributed by atoms with Gasteiger partial charge in [-0.05, 0) is 42.5 Å². The average Bonchev–Trinajstić information content (AvgIpc) is 3.18. The summed E-state index contributed by atoms with van der Waals surface area (Å²) in [5.41, 5.74) is 0.559. The van der Waals surface area contributed by atoms with Gasteiger partial charge in [-0.25, -0.2) is 4.39 Å². The van der Waals surface area contributed by atoms with Crippen LogP contribution in [0.4, 0.5) is 10.1 Å². The number of nitriles is 1. The first-order valence-electron chi connectivity index (χ1n) is 8.91. The van der Waals surface area contributed by atoms with Crippen molar-refractivity contribution in [2.24, 2.45) is 5.92 Å². The van der Waals surface area contributed by atoms with Crippen LogP contribution in [0.2, 0.25) is 10.0 Å². The Kier molecular flexibility index (Phi) is 6.88. The Balaban J connectivity index is 1.62. The maximum Gasteiger partial charge on any atom is 0.249 e. The third-order valence-electron chi connectivity index (χ3n) is 4.32. The van der Waals surface area contributed by atoms with Crippen molar-refractivity contribution < 1.29 is 18.4 Å². The lowest BCUT2D eigenvalue weighted by molar-refractivity contribution is -0.128. The van der Waals surface area contributed by atoms with Crippen molar-refractivity contribution in [2.75, 3.05) is 5.32 Å². The Hall–Kier alpha value is -3.14. The minimum absolute atomic E-state index is 0.0930. The Labute approximate surface area is 182 Å². The van der Waals surface area contributed by atoms with Gasteiger partial charge in [0.05, 0.1) is 22.3 Å². The van der Waals surface area contributed by atoms with E-state index in [2.05, 4.69) is 5.32 Å². The summed E-state index contributed by atoms with van der Waals surface area (Å²) in [6.45, 7) is 0. The van der Waals surface area contributed by atoms with Crippen LogP contribution in [-0.2, 0) is 16.0 Å². The van der Waals surface area contributed by atoms with Crippen LogP contribution in [0.25, 0.3) is 11.3 Å². The summed E-state index contributed by atoms with van der Waals surface area (Å²) < 4.78 is 19.4. The molecule has 1 heterocycles. The molecule has 3 rings (SSSR count). The molecule has 1 aromatic heterocycles. The number of Topliss-reactive ketones (excluding diaryl/α,β-unsaturated/α-hetero) is 1. The van der Waals surface area contributed by atoms with Crippen molar-refractivity contribution in [3.63, 3.8) is 0 Å². The van der Waals surface area contributed by atoms with Crippen LogP contribution in [0.15, 0.2) is 59.0 Å². The number of hydrogen-bond acceptors (Lipinski definition) is 4. The lowest BCUT2D eigenvalue weighted by Crippen LogP contribution is -2.28. The first kappa shape index (κ1) is 21.6. The number of amides is 1. The van der Waals surface area contributed by atoms with E-state index in [1.165, 1.54) is 24.3 Å². The van der Waals surface area contributed by atoms with Crippen molar-refractivity contribution in [3.8, 4) is 17.4 Å². The van der Waals surface area contributed by atoms with E-state index in [0.717, 1.165) is 0 Å². The fourth-order valence-corrected chi connectivity index (χ4v) is 3.24. The molecule has 0 saturated heterocycles. The Morgan fingerprint density at radius 1 is 1.13 bits per heavy atom. The van der Waals surface area contributed by atoms with Crippen LogP contribution < -0.4 is 5.32 Å². The molecular weight excluding hydrogens is 430 g/mol. The number of aryl methyl sites for hydroxylation is 1. The summed E-state index contributed by atoms with van der Waals surface area (Å²) in [7, 11) is 0. The van der Waals surface area contributed by atoms with Crippen LogP contribution in [0.5, 0.6) is 0 Å². The van der Waals surface area contributed by atoms with Crippen LogP contribution in [0, 0.1) is 23.1 Å². The molecule has 1 atom stereocenters. The molecule has 0 saturated carbocycles. The number of carbonyl (C=O) groups excluding carboxylic acids is 2. The number of nitrogens with zero attached hydrogens (tertiary/aromatic N) is 1. The maximum absolute atomic E-state index is 13.9. The summed E-state index contributed by atoms with van der Waals surface area (Å²) in [5.74, 6) is -2.49. The standard InChI is InChI=1S/C22H15Cl2FN2O3/c23-13-5-8-19(17(24)11-13)27-22(29)16(12-26)20(28)9-6-14-7-10-21(30-14)15-3-1-2-4-18(15)25/h1-5,7-8,10-11,16H,6,9H2,(H,27,29). The van der Waals surface area contributed by atoms with Gasteiger partial charge >= 0.3 is 0 Å². The highest BCUT2D eigenvalue weighted by Gasteiger charge is 2.27. The number of nitrogens with one attached hydrogen (secondary N) is 1. The lowest BCUT2D eigenvalue weighted by atomic mass is 10.00. The fraction of sp³-hybridized carbons (Fsp3) is 0.136. The molecule has 0 aliphatic heterocycles. The number of carbonyl (C=O) groups is 2. The predicted molar refractivity (Wildman–Crippen MR) is 112 cm³/mol. The molecule has 5 nitrogen and oxygen atoms in total. The number of anilines is 1. The minimum Gasteiger partial charge on any atom is -0.461 e. The highest BCUT2D eigenvalue weighted by atomic mass is 35.5. The summed E-state index contributed by atoms with van der Waals surface area (Å²) >= 11 is 11.8. The van der Waals surface area contributed by atoms with Crippen molar-refractivity contribution in [1.82, 2.24) is 0 Å². The summed E-state index contributed by atoms with van der Waals surface area (Å²) in [6.07, 6.45) is 0.0741. The zero-order valence-corrected chi connectivity index (χ0v) is 17.0. The molecule has 0 radical (unpaired) electrons. The molecule has 1 N–H and O–H groups in total. The predicted octanol–water partition coefficient (Wildman–Crippen LogP) is 5.67. The molecular formula is C22H15Cl2FN2O3. The van der Waals surface area contributed by atoms with Gasteiger partial charge < -0.3 is 9.73 Å². The van der Waals surface area contributed by atoms with Crippen molar-refractivity contribution >= 4 is 40.6 Å². The molecule has 0 fully saturated rings. The molecule has 1 unspecified atom stereocenters. The molecule has 8 heteroatoms. The number of benzene rings is 2. The van der Waals surface area contributed by atoms with Crippen molar-refractivity contribution in [2.45, 2.75) is 12.8 Å². The van der Waals surface area contributed by atoms with Crippen LogP contribution in [0.3, 0.4) is 0 Å². The highest BCUT2D eigenvalue weighted by Crippen LogP contribution is 2.27. The SMILES string of the molecule is N#CC(C(=O)CCc1ccc(-c2ccccc2F)o1)C(=O)Nc1ccc(Cl)cc1Cl.